The molecule has 4 unspecified atom stereocenters. The standard InChI is InChI=1S/C20H30N4.HI/c1-14-10-17(13-24(14)18-8-9-18)22-20(21-2)23-19-12-16(19)11-15-6-4-3-5-7-15;/h3-7,14,16-19H,8-13H2,1-2H3,(H2,21,22,23);1H. The van der Waals surface area contributed by atoms with Crippen LogP contribution in [0.3, 0.4) is 0 Å². The minimum atomic E-state index is 0. The number of hydrogen-bond donors (Lipinski definition) is 2. The Balaban J connectivity index is 0.00000182. The summed E-state index contributed by atoms with van der Waals surface area (Å²) in [6, 6.07) is 13.5. The molecule has 2 N–H and O–H groups in total. The largest absolute Gasteiger partial charge is 0.353 e. The molecule has 5 heteroatoms. The molecule has 0 amide bonds. The Morgan fingerprint density at radius 2 is 1.92 bits per heavy atom. The summed E-state index contributed by atoms with van der Waals surface area (Å²) in [6.07, 6.45) is 6.45. The minimum Gasteiger partial charge on any atom is -0.353 e. The van der Waals surface area contributed by atoms with Gasteiger partial charge < -0.3 is 10.6 Å². The normalized spacial score (nSPS) is 32.2. The molecule has 25 heavy (non-hydrogen) atoms. The molecule has 138 valence electrons. The van der Waals surface area contributed by atoms with Gasteiger partial charge in [0.05, 0.1) is 0 Å². The fourth-order valence-corrected chi connectivity index (χ4v) is 4.18. The van der Waals surface area contributed by atoms with Crippen molar-refractivity contribution in [3.05, 3.63) is 35.9 Å². The predicted octanol–water partition coefficient (Wildman–Crippen LogP) is 3.03. The van der Waals surface area contributed by atoms with Gasteiger partial charge in [-0.2, -0.15) is 0 Å². The van der Waals surface area contributed by atoms with E-state index < -0.39 is 0 Å². The van der Waals surface area contributed by atoms with Gasteiger partial charge in [-0.15, -0.1) is 24.0 Å². The fraction of sp³-hybridized carbons (Fsp3) is 0.650. The predicted molar refractivity (Wildman–Crippen MR) is 115 cm³/mol. The summed E-state index contributed by atoms with van der Waals surface area (Å²) in [4.78, 5) is 7.14. The summed E-state index contributed by atoms with van der Waals surface area (Å²) in [5.74, 6) is 1.74. The van der Waals surface area contributed by atoms with Crippen LogP contribution >= 0.6 is 24.0 Å². The Hall–Kier alpha value is -0.820. The molecule has 1 saturated heterocycles. The van der Waals surface area contributed by atoms with Gasteiger partial charge in [-0.25, -0.2) is 0 Å². The van der Waals surface area contributed by atoms with E-state index in [4.69, 9.17) is 0 Å². The third-order valence-corrected chi connectivity index (χ3v) is 5.79. The Morgan fingerprint density at radius 3 is 2.60 bits per heavy atom. The summed E-state index contributed by atoms with van der Waals surface area (Å²) < 4.78 is 0. The number of hydrogen-bond acceptors (Lipinski definition) is 2. The van der Waals surface area contributed by atoms with Crippen molar-refractivity contribution in [2.24, 2.45) is 10.9 Å². The van der Waals surface area contributed by atoms with Crippen molar-refractivity contribution in [2.45, 2.75) is 63.2 Å². The van der Waals surface area contributed by atoms with Crippen LogP contribution in [0.25, 0.3) is 0 Å². The number of nitrogens with one attached hydrogen (secondary N) is 2. The Labute approximate surface area is 168 Å². The van der Waals surface area contributed by atoms with Gasteiger partial charge in [0.15, 0.2) is 5.96 Å². The zero-order valence-corrected chi connectivity index (χ0v) is 17.6. The number of rotatable bonds is 5. The molecule has 4 atom stereocenters. The summed E-state index contributed by atoms with van der Waals surface area (Å²) in [5.41, 5.74) is 1.44. The van der Waals surface area contributed by atoms with E-state index in [2.05, 4.69) is 57.8 Å². The van der Waals surface area contributed by atoms with Crippen LogP contribution in [0.15, 0.2) is 35.3 Å². The summed E-state index contributed by atoms with van der Waals surface area (Å²) in [5, 5.41) is 7.29. The summed E-state index contributed by atoms with van der Waals surface area (Å²) in [6.45, 7) is 3.54. The van der Waals surface area contributed by atoms with Crippen LogP contribution in [0.4, 0.5) is 0 Å². The highest BCUT2D eigenvalue weighted by Gasteiger charge is 2.40. The number of nitrogens with zero attached hydrogens (tertiary/aromatic N) is 2. The third kappa shape index (κ3) is 4.88. The first-order chi connectivity index (χ1) is 11.7. The van der Waals surface area contributed by atoms with Gasteiger partial charge in [0, 0.05) is 37.8 Å². The van der Waals surface area contributed by atoms with Crippen molar-refractivity contribution in [3.63, 3.8) is 0 Å². The fourth-order valence-electron chi connectivity index (χ4n) is 4.18. The number of likely N-dealkylation sites (tertiary alicyclic amines) is 1. The molecular formula is C20H31IN4. The van der Waals surface area contributed by atoms with E-state index in [0.717, 1.165) is 17.9 Å². The Morgan fingerprint density at radius 1 is 1.16 bits per heavy atom. The second-order valence-corrected chi connectivity index (χ2v) is 7.86. The first-order valence-corrected chi connectivity index (χ1v) is 9.52. The summed E-state index contributed by atoms with van der Waals surface area (Å²) >= 11 is 0. The maximum Gasteiger partial charge on any atom is 0.191 e. The minimum absolute atomic E-state index is 0. The van der Waals surface area contributed by atoms with Crippen molar-refractivity contribution in [1.82, 2.24) is 15.5 Å². The molecule has 1 aromatic rings. The average molecular weight is 454 g/mol. The van der Waals surface area contributed by atoms with E-state index in [1.54, 1.807) is 0 Å². The second kappa shape index (κ2) is 8.25. The lowest BCUT2D eigenvalue weighted by molar-refractivity contribution is 0.256. The molecule has 2 saturated carbocycles. The van der Waals surface area contributed by atoms with Crippen molar-refractivity contribution in [2.75, 3.05) is 13.6 Å². The van der Waals surface area contributed by atoms with Crippen molar-refractivity contribution in [1.29, 1.82) is 0 Å². The highest BCUT2D eigenvalue weighted by Crippen LogP contribution is 2.34. The maximum atomic E-state index is 4.46. The lowest BCUT2D eigenvalue weighted by Gasteiger charge is -2.20. The molecule has 0 radical (unpaired) electrons. The van der Waals surface area contributed by atoms with Crippen LogP contribution in [0.1, 0.15) is 38.2 Å². The number of halogens is 1. The Bertz CT molecular complexity index is 587. The van der Waals surface area contributed by atoms with Crippen LogP contribution in [0.2, 0.25) is 0 Å². The Kier molecular flexibility index (Phi) is 6.25. The van der Waals surface area contributed by atoms with Gasteiger partial charge in [-0.3, -0.25) is 9.89 Å². The second-order valence-electron chi connectivity index (χ2n) is 7.86. The van der Waals surface area contributed by atoms with Crippen molar-refractivity contribution >= 4 is 29.9 Å². The van der Waals surface area contributed by atoms with Crippen LogP contribution in [0.5, 0.6) is 0 Å². The topological polar surface area (TPSA) is 39.7 Å². The maximum absolute atomic E-state index is 4.46. The molecule has 3 fully saturated rings. The van der Waals surface area contributed by atoms with Gasteiger partial charge in [-0.05, 0) is 50.5 Å². The van der Waals surface area contributed by atoms with Crippen LogP contribution in [-0.2, 0) is 6.42 Å². The van der Waals surface area contributed by atoms with Gasteiger partial charge in [0.2, 0.25) is 0 Å². The molecule has 4 nitrogen and oxygen atoms in total. The van der Waals surface area contributed by atoms with Gasteiger partial charge in [0.25, 0.3) is 0 Å². The van der Waals surface area contributed by atoms with Crippen molar-refractivity contribution < 1.29 is 0 Å². The van der Waals surface area contributed by atoms with Crippen molar-refractivity contribution in [3.8, 4) is 0 Å². The molecule has 0 bridgehead atoms. The molecule has 4 rings (SSSR count). The first kappa shape index (κ1) is 19.0. The first-order valence-electron chi connectivity index (χ1n) is 9.52. The quantitative estimate of drug-likeness (QED) is 0.408. The van der Waals surface area contributed by atoms with E-state index in [1.165, 1.54) is 44.2 Å². The molecule has 0 aromatic heterocycles. The van der Waals surface area contributed by atoms with E-state index in [1.807, 2.05) is 7.05 Å². The lowest BCUT2D eigenvalue weighted by Crippen LogP contribution is -2.45. The number of benzene rings is 1. The summed E-state index contributed by atoms with van der Waals surface area (Å²) in [7, 11) is 1.89. The molecule has 0 spiro atoms. The third-order valence-electron chi connectivity index (χ3n) is 5.79. The molecule has 2 aliphatic carbocycles. The van der Waals surface area contributed by atoms with Gasteiger partial charge in [0.1, 0.15) is 0 Å². The molecule has 3 aliphatic rings. The number of aliphatic imine (C=N–C) groups is 1. The van der Waals surface area contributed by atoms with E-state index in [9.17, 15) is 0 Å². The monoisotopic (exact) mass is 454 g/mol. The lowest BCUT2D eigenvalue weighted by atomic mass is 10.1. The molecule has 1 heterocycles. The van der Waals surface area contributed by atoms with Crippen LogP contribution in [0, 0.1) is 5.92 Å². The smallest absolute Gasteiger partial charge is 0.191 e. The van der Waals surface area contributed by atoms with Crippen LogP contribution < -0.4 is 10.6 Å². The van der Waals surface area contributed by atoms with Gasteiger partial charge in [-0.1, -0.05) is 30.3 Å². The highest BCUT2D eigenvalue weighted by atomic mass is 127. The molecule has 1 aromatic carbocycles. The number of guanidine groups is 1. The zero-order chi connectivity index (χ0) is 16.5. The zero-order valence-electron chi connectivity index (χ0n) is 15.3. The van der Waals surface area contributed by atoms with E-state index in [0.29, 0.717) is 18.1 Å². The molecular weight excluding hydrogens is 423 g/mol. The average Bonchev–Trinajstić information content (AvgIpc) is 3.50. The molecule has 1 aliphatic heterocycles. The van der Waals surface area contributed by atoms with Crippen LogP contribution in [-0.4, -0.2) is 48.6 Å². The van der Waals surface area contributed by atoms with E-state index in [-0.39, 0.29) is 24.0 Å². The highest BCUT2D eigenvalue weighted by molar-refractivity contribution is 14.0. The van der Waals surface area contributed by atoms with Gasteiger partial charge >= 0.3 is 0 Å². The SMILES string of the molecule is CN=C(NC1CC(C)N(C2CC2)C1)NC1CC1Cc1ccccc1.I. The van der Waals surface area contributed by atoms with E-state index >= 15 is 0 Å².